The van der Waals surface area contributed by atoms with Crippen molar-refractivity contribution in [2.45, 2.75) is 40.5 Å². The normalized spacial score (nSPS) is 12.1. The van der Waals surface area contributed by atoms with Gasteiger partial charge < -0.3 is 5.73 Å². The van der Waals surface area contributed by atoms with Crippen molar-refractivity contribution in [3.63, 3.8) is 0 Å². The van der Waals surface area contributed by atoms with E-state index in [0.717, 1.165) is 12.8 Å². The van der Waals surface area contributed by atoms with Crippen molar-refractivity contribution >= 4 is 5.91 Å². The van der Waals surface area contributed by atoms with Gasteiger partial charge >= 0.3 is 0 Å². The Bertz CT molecular complexity index is 136. The van der Waals surface area contributed by atoms with Crippen molar-refractivity contribution in [3.05, 3.63) is 0 Å². The molecule has 0 radical (unpaired) electrons. The second-order valence-electron chi connectivity index (χ2n) is 3.38. The fourth-order valence-corrected chi connectivity index (χ4v) is 1.70. The van der Waals surface area contributed by atoms with Crippen molar-refractivity contribution in [2.75, 3.05) is 0 Å². The Hall–Kier alpha value is -0.530. The standard InChI is InChI=1S/C9H19NO/c1-5-9(6-2,7(3)4)8(10)11/h7H,5-6H2,1-4H3,(H2,10,11). The first-order valence-electron chi connectivity index (χ1n) is 4.31. The van der Waals surface area contributed by atoms with Gasteiger partial charge in [-0.05, 0) is 18.8 Å². The van der Waals surface area contributed by atoms with Gasteiger partial charge in [0.1, 0.15) is 0 Å². The van der Waals surface area contributed by atoms with Crippen LogP contribution in [0.3, 0.4) is 0 Å². The number of hydrogen-bond donors (Lipinski definition) is 1. The molecule has 11 heavy (non-hydrogen) atoms. The molecule has 0 aliphatic heterocycles. The van der Waals surface area contributed by atoms with Crippen LogP contribution in [0.15, 0.2) is 0 Å². The van der Waals surface area contributed by atoms with E-state index in [4.69, 9.17) is 5.73 Å². The molecule has 0 saturated carbocycles. The molecular weight excluding hydrogens is 138 g/mol. The molecule has 0 heterocycles. The maximum Gasteiger partial charge on any atom is 0.223 e. The number of primary amides is 1. The monoisotopic (exact) mass is 157 g/mol. The van der Waals surface area contributed by atoms with Gasteiger partial charge in [-0.2, -0.15) is 0 Å². The summed E-state index contributed by atoms with van der Waals surface area (Å²) in [4.78, 5) is 11.1. The molecule has 2 N–H and O–H groups in total. The van der Waals surface area contributed by atoms with Gasteiger partial charge in [-0.1, -0.05) is 27.7 Å². The third-order valence-corrected chi connectivity index (χ3v) is 2.86. The Kier molecular flexibility index (Phi) is 3.56. The van der Waals surface area contributed by atoms with Gasteiger partial charge in [0.25, 0.3) is 0 Å². The third kappa shape index (κ3) is 1.73. The number of hydrogen-bond acceptors (Lipinski definition) is 1. The summed E-state index contributed by atoms with van der Waals surface area (Å²) in [6.07, 6.45) is 1.69. The molecule has 2 heteroatoms. The summed E-state index contributed by atoms with van der Waals surface area (Å²) in [6, 6.07) is 0. The topological polar surface area (TPSA) is 43.1 Å². The van der Waals surface area contributed by atoms with E-state index in [1.807, 2.05) is 13.8 Å². The highest BCUT2D eigenvalue weighted by Gasteiger charge is 2.35. The lowest BCUT2D eigenvalue weighted by Gasteiger charge is -2.32. The first kappa shape index (κ1) is 10.5. The Labute approximate surface area is 69.2 Å². The van der Waals surface area contributed by atoms with Gasteiger partial charge in [0, 0.05) is 0 Å². The quantitative estimate of drug-likeness (QED) is 0.665. The predicted molar refractivity (Wildman–Crippen MR) is 47.0 cm³/mol. The number of nitrogens with two attached hydrogens (primary N) is 1. The molecular formula is C9H19NO. The smallest absolute Gasteiger partial charge is 0.223 e. The largest absolute Gasteiger partial charge is 0.369 e. The van der Waals surface area contributed by atoms with Crippen LogP contribution in [0.1, 0.15) is 40.5 Å². The second-order valence-corrected chi connectivity index (χ2v) is 3.38. The molecule has 0 aromatic carbocycles. The van der Waals surface area contributed by atoms with Crippen molar-refractivity contribution in [3.8, 4) is 0 Å². The van der Waals surface area contributed by atoms with Crippen molar-refractivity contribution in [1.29, 1.82) is 0 Å². The molecule has 0 aliphatic rings. The van der Waals surface area contributed by atoms with E-state index < -0.39 is 0 Å². The van der Waals surface area contributed by atoms with E-state index >= 15 is 0 Å². The fraction of sp³-hybridized carbons (Fsp3) is 0.889. The summed E-state index contributed by atoms with van der Waals surface area (Å²) in [6.45, 7) is 8.15. The second kappa shape index (κ2) is 3.74. The van der Waals surface area contributed by atoms with Crippen LogP contribution >= 0.6 is 0 Å². The minimum absolute atomic E-state index is 0.155. The van der Waals surface area contributed by atoms with Gasteiger partial charge in [-0.3, -0.25) is 4.79 Å². The highest BCUT2D eigenvalue weighted by atomic mass is 16.1. The van der Waals surface area contributed by atoms with Crippen molar-refractivity contribution in [1.82, 2.24) is 0 Å². The van der Waals surface area contributed by atoms with Crippen LogP contribution < -0.4 is 5.73 Å². The summed E-state index contributed by atoms with van der Waals surface area (Å²) >= 11 is 0. The van der Waals surface area contributed by atoms with Gasteiger partial charge in [0.05, 0.1) is 5.41 Å². The third-order valence-electron chi connectivity index (χ3n) is 2.86. The molecule has 0 atom stereocenters. The molecule has 0 bridgehead atoms. The number of carbonyl (C=O) groups excluding carboxylic acids is 1. The number of carbonyl (C=O) groups is 1. The molecule has 0 saturated heterocycles. The predicted octanol–water partition coefficient (Wildman–Crippen LogP) is 1.93. The van der Waals surface area contributed by atoms with Crippen LogP contribution in [-0.4, -0.2) is 5.91 Å². The summed E-state index contributed by atoms with van der Waals surface area (Å²) < 4.78 is 0. The maximum absolute atomic E-state index is 11.1. The summed E-state index contributed by atoms with van der Waals surface area (Å²) in [5, 5.41) is 0. The number of amides is 1. The van der Waals surface area contributed by atoms with E-state index in [1.165, 1.54) is 0 Å². The molecule has 0 unspecified atom stereocenters. The first-order chi connectivity index (χ1) is 5.01. The van der Waals surface area contributed by atoms with Crippen molar-refractivity contribution < 1.29 is 4.79 Å². The molecule has 0 spiro atoms. The van der Waals surface area contributed by atoms with Crippen LogP contribution in [-0.2, 0) is 4.79 Å². The van der Waals surface area contributed by atoms with E-state index in [2.05, 4.69) is 13.8 Å². The molecule has 0 fully saturated rings. The Morgan fingerprint density at radius 3 is 1.73 bits per heavy atom. The Morgan fingerprint density at radius 2 is 1.73 bits per heavy atom. The molecule has 2 nitrogen and oxygen atoms in total. The summed E-state index contributed by atoms with van der Waals surface area (Å²) in [7, 11) is 0. The zero-order chi connectivity index (χ0) is 9.07. The zero-order valence-electron chi connectivity index (χ0n) is 7.98. The zero-order valence-corrected chi connectivity index (χ0v) is 7.98. The van der Waals surface area contributed by atoms with Crippen LogP contribution in [0.25, 0.3) is 0 Å². The average Bonchev–Trinajstić information content (AvgIpc) is 1.90. The van der Waals surface area contributed by atoms with Gasteiger partial charge in [0.2, 0.25) is 5.91 Å². The molecule has 66 valence electrons. The lowest BCUT2D eigenvalue weighted by molar-refractivity contribution is -0.130. The molecule has 0 aromatic rings. The van der Waals surface area contributed by atoms with Crippen molar-refractivity contribution in [2.24, 2.45) is 17.1 Å². The molecule has 0 rings (SSSR count). The van der Waals surface area contributed by atoms with E-state index in [9.17, 15) is 4.79 Å². The first-order valence-corrected chi connectivity index (χ1v) is 4.31. The van der Waals surface area contributed by atoms with Gasteiger partial charge in [-0.15, -0.1) is 0 Å². The highest BCUT2D eigenvalue weighted by Crippen LogP contribution is 2.34. The highest BCUT2D eigenvalue weighted by molar-refractivity contribution is 5.80. The van der Waals surface area contributed by atoms with Gasteiger partial charge in [-0.25, -0.2) is 0 Å². The van der Waals surface area contributed by atoms with Crippen LogP contribution in [0.4, 0.5) is 0 Å². The lowest BCUT2D eigenvalue weighted by Crippen LogP contribution is -2.40. The lowest BCUT2D eigenvalue weighted by atomic mass is 9.72. The van der Waals surface area contributed by atoms with Crippen LogP contribution in [0.5, 0.6) is 0 Å². The Morgan fingerprint density at radius 1 is 1.36 bits per heavy atom. The minimum Gasteiger partial charge on any atom is -0.369 e. The summed E-state index contributed by atoms with van der Waals surface area (Å²) in [5.74, 6) is 0.188. The average molecular weight is 157 g/mol. The molecule has 0 aliphatic carbocycles. The fourth-order valence-electron chi connectivity index (χ4n) is 1.70. The molecule has 1 amide bonds. The van der Waals surface area contributed by atoms with Crippen LogP contribution in [0.2, 0.25) is 0 Å². The SMILES string of the molecule is CCC(CC)(C(N)=O)C(C)C. The van der Waals surface area contributed by atoms with Crippen LogP contribution in [0, 0.1) is 11.3 Å². The van der Waals surface area contributed by atoms with Gasteiger partial charge in [0.15, 0.2) is 0 Å². The van der Waals surface area contributed by atoms with E-state index in [1.54, 1.807) is 0 Å². The van der Waals surface area contributed by atoms with E-state index in [0.29, 0.717) is 5.92 Å². The van der Waals surface area contributed by atoms with E-state index in [-0.39, 0.29) is 11.3 Å². The maximum atomic E-state index is 11.1. The molecule has 0 aromatic heterocycles. The Balaban J connectivity index is 4.61. The minimum atomic E-state index is -0.278. The number of rotatable bonds is 4. The summed E-state index contributed by atoms with van der Waals surface area (Å²) in [5.41, 5.74) is 5.08.